The van der Waals surface area contributed by atoms with Gasteiger partial charge in [0.15, 0.2) is 0 Å². The minimum Gasteiger partial charge on any atom is -0.366 e. The maximum absolute atomic E-state index is 10.7. The number of nitrogens with two attached hydrogens (primary N) is 1. The number of rotatable bonds is 3. The van der Waals surface area contributed by atoms with Gasteiger partial charge in [-0.3, -0.25) is 4.79 Å². The molecule has 0 unspecified atom stereocenters. The van der Waals surface area contributed by atoms with Crippen molar-refractivity contribution in [3.05, 3.63) is 58.9 Å². The van der Waals surface area contributed by atoms with Crippen molar-refractivity contribution in [3.8, 4) is 11.3 Å². The maximum Gasteiger partial charge on any atom is 0.241 e. The molecular formula is C16H12N2OS. The van der Waals surface area contributed by atoms with Crippen molar-refractivity contribution in [3.63, 3.8) is 0 Å². The Balaban J connectivity index is 1.96. The summed E-state index contributed by atoms with van der Waals surface area (Å²) in [7, 11) is 0. The largest absolute Gasteiger partial charge is 0.366 e. The number of benzene rings is 2. The van der Waals surface area contributed by atoms with Crippen LogP contribution in [0.25, 0.3) is 28.1 Å². The zero-order chi connectivity index (χ0) is 13.9. The second kappa shape index (κ2) is 5.27. The van der Waals surface area contributed by atoms with Gasteiger partial charge in [0.25, 0.3) is 0 Å². The van der Waals surface area contributed by atoms with Crippen LogP contribution in [-0.4, -0.2) is 10.9 Å². The topological polar surface area (TPSA) is 56.0 Å². The molecule has 2 aromatic carbocycles. The van der Waals surface area contributed by atoms with E-state index in [9.17, 15) is 4.79 Å². The van der Waals surface area contributed by atoms with Crippen LogP contribution < -0.4 is 5.73 Å². The smallest absolute Gasteiger partial charge is 0.241 e. The van der Waals surface area contributed by atoms with Gasteiger partial charge in [-0.05, 0) is 22.9 Å². The molecule has 0 aliphatic rings. The van der Waals surface area contributed by atoms with E-state index in [4.69, 9.17) is 5.73 Å². The van der Waals surface area contributed by atoms with Gasteiger partial charge < -0.3 is 5.73 Å². The first-order valence-corrected chi connectivity index (χ1v) is 7.02. The molecule has 0 spiro atoms. The number of hydrogen-bond acceptors (Lipinski definition) is 3. The van der Waals surface area contributed by atoms with Crippen LogP contribution in [0.2, 0.25) is 0 Å². The van der Waals surface area contributed by atoms with Gasteiger partial charge >= 0.3 is 0 Å². The third-order valence-electron chi connectivity index (χ3n) is 2.96. The molecule has 3 aromatic rings. The van der Waals surface area contributed by atoms with Gasteiger partial charge in [0.2, 0.25) is 5.91 Å². The first-order chi connectivity index (χ1) is 9.72. The van der Waals surface area contributed by atoms with Crippen LogP contribution in [0.3, 0.4) is 0 Å². The predicted octanol–water partition coefficient (Wildman–Crippen LogP) is 3.46. The highest BCUT2D eigenvalue weighted by Gasteiger charge is 2.04. The van der Waals surface area contributed by atoms with Crippen LogP contribution in [0.15, 0.2) is 53.9 Å². The molecule has 20 heavy (non-hydrogen) atoms. The summed E-state index contributed by atoms with van der Waals surface area (Å²) >= 11 is 1.49. The summed E-state index contributed by atoms with van der Waals surface area (Å²) in [6.45, 7) is 0. The molecule has 3 nitrogen and oxygen atoms in total. The molecule has 1 heterocycles. The lowest BCUT2D eigenvalue weighted by Crippen LogP contribution is -2.04. The van der Waals surface area contributed by atoms with Crippen LogP contribution in [0, 0.1) is 0 Å². The van der Waals surface area contributed by atoms with Gasteiger partial charge in [-0.1, -0.05) is 36.4 Å². The number of hydrogen-bond donors (Lipinski definition) is 1. The molecule has 1 amide bonds. The van der Waals surface area contributed by atoms with E-state index in [0.717, 1.165) is 16.3 Å². The van der Waals surface area contributed by atoms with E-state index in [2.05, 4.69) is 35.3 Å². The van der Waals surface area contributed by atoms with Crippen molar-refractivity contribution in [1.29, 1.82) is 0 Å². The number of carbonyl (C=O) groups is 1. The Hall–Kier alpha value is -2.46. The minimum atomic E-state index is -0.465. The molecule has 4 heteroatoms. The Bertz CT molecular complexity index is 805. The molecule has 2 N–H and O–H groups in total. The van der Waals surface area contributed by atoms with E-state index in [0.29, 0.717) is 0 Å². The second-order valence-corrected chi connectivity index (χ2v) is 5.26. The molecule has 0 aliphatic heterocycles. The standard InChI is InChI=1S/C16H12N2OS/c17-15(19)7-8-16-18-14(10-20-16)13-6-5-11-3-1-2-4-12(11)9-13/h1-10H,(H2,17,19). The fraction of sp³-hybridized carbons (Fsp3) is 0. The van der Waals surface area contributed by atoms with Crippen LogP contribution in [0.4, 0.5) is 0 Å². The quantitative estimate of drug-likeness (QED) is 0.747. The van der Waals surface area contributed by atoms with Gasteiger partial charge in [-0.25, -0.2) is 4.98 Å². The summed E-state index contributed by atoms with van der Waals surface area (Å²) in [5.41, 5.74) is 7.05. The SMILES string of the molecule is NC(=O)C=Cc1nc(-c2ccc3ccccc3c2)cs1. The Kier molecular flexibility index (Phi) is 3.31. The minimum absolute atomic E-state index is 0.465. The Morgan fingerprint density at radius 2 is 1.95 bits per heavy atom. The molecule has 98 valence electrons. The third-order valence-corrected chi connectivity index (χ3v) is 3.77. The van der Waals surface area contributed by atoms with Gasteiger partial charge in [0, 0.05) is 17.0 Å². The average molecular weight is 280 g/mol. The van der Waals surface area contributed by atoms with Crippen molar-refractivity contribution >= 4 is 34.1 Å². The zero-order valence-electron chi connectivity index (χ0n) is 10.6. The van der Waals surface area contributed by atoms with Gasteiger partial charge in [-0.15, -0.1) is 11.3 Å². The average Bonchev–Trinajstić information content (AvgIpc) is 2.93. The summed E-state index contributed by atoms with van der Waals surface area (Å²) in [6, 6.07) is 14.5. The summed E-state index contributed by atoms with van der Waals surface area (Å²) in [4.78, 5) is 15.2. The van der Waals surface area contributed by atoms with Crippen molar-refractivity contribution in [1.82, 2.24) is 4.98 Å². The number of carbonyl (C=O) groups excluding carboxylic acids is 1. The van der Waals surface area contributed by atoms with E-state index in [-0.39, 0.29) is 0 Å². The summed E-state index contributed by atoms with van der Waals surface area (Å²) in [5.74, 6) is -0.465. The van der Waals surface area contributed by atoms with Crippen molar-refractivity contribution in [2.24, 2.45) is 5.73 Å². The fourth-order valence-corrected chi connectivity index (χ4v) is 2.72. The molecule has 0 fully saturated rings. The number of amides is 1. The van der Waals surface area contributed by atoms with Crippen LogP contribution in [-0.2, 0) is 4.79 Å². The fourth-order valence-electron chi connectivity index (χ4n) is 2.00. The van der Waals surface area contributed by atoms with E-state index < -0.39 is 5.91 Å². The predicted molar refractivity (Wildman–Crippen MR) is 83.3 cm³/mol. The molecule has 1 aromatic heterocycles. The lowest BCUT2D eigenvalue weighted by atomic mass is 10.1. The van der Waals surface area contributed by atoms with Crippen molar-refractivity contribution < 1.29 is 4.79 Å². The Morgan fingerprint density at radius 3 is 2.75 bits per heavy atom. The number of thiazole rings is 1. The van der Waals surface area contributed by atoms with Crippen LogP contribution in [0.5, 0.6) is 0 Å². The lowest BCUT2D eigenvalue weighted by Gasteiger charge is -2.00. The van der Waals surface area contributed by atoms with Gasteiger partial charge in [-0.2, -0.15) is 0 Å². The molecule has 0 bridgehead atoms. The van der Waals surface area contributed by atoms with Crippen molar-refractivity contribution in [2.75, 3.05) is 0 Å². The number of fused-ring (bicyclic) bond motifs is 1. The first-order valence-electron chi connectivity index (χ1n) is 6.14. The highest BCUT2D eigenvalue weighted by molar-refractivity contribution is 7.10. The zero-order valence-corrected chi connectivity index (χ0v) is 11.4. The molecule has 0 aliphatic carbocycles. The van der Waals surface area contributed by atoms with E-state index in [1.54, 1.807) is 6.08 Å². The Morgan fingerprint density at radius 1 is 1.15 bits per heavy atom. The number of primary amides is 1. The first kappa shape index (κ1) is 12.6. The summed E-state index contributed by atoms with van der Waals surface area (Å²) in [6.07, 6.45) is 2.96. The summed E-state index contributed by atoms with van der Waals surface area (Å²) in [5, 5.41) is 5.14. The van der Waals surface area contributed by atoms with Gasteiger partial charge in [0.1, 0.15) is 5.01 Å². The lowest BCUT2D eigenvalue weighted by molar-refractivity contribution is -0.113. The molecule has 0 saturated carbocycles. The maximum atomic E-state index is 10.7. The van der Waals surface area contributed by atoms with E-state index in [1.165, 1.54) is 28.2 Å². The molecule has 0 atom stereocenters. The molecule has 0 saturated heterocycles. The Labute approximate surface area is 120 Å². The van der Waals surface area contributed by atoms with Crippen LogP contribution in [0.1, 0.15) is 5.01 Å². The number of aromatic nitrogens is 1. The highest BCUT2D eigenvalue weighted by atomic mass is 32.1. The van der Waals surface area contributed by atoms with Crippen LogP contribution >= 0.6 is 11.3 Å². The van der Waals surface area contributed by atoms with E-state index >= 15 is 0 Å². The second-order valence-electron chi connectivity index (χ2n) is 4.37. The van der Waals surface area contributed by atoms with Crippen molar-refractivity contribution in [2.45, 2.75) is 0 Å². The molecular weight excluding hydrogens is 268 g/mol. The monoisotopic (exact) mass is 280 g/mol. The highest BCUT2D eigenvalue weighted by Crippen LogP contribution is 2.26. The van der Waals surface area contributed by atoms with E-state index in [1.807, 2.05) is 17.5 Å². The molecule has 0 radical (unpaired) electrons. The molecule has 3 rings (SSSR count). The number of nitrogens with zero attached hydrogens (tertiary/aromatic N) is 1. The summed E-state index contributed by atoms with van der Waals surface area (Å²) < 4.78 is 0. The third kappa shape index (κ3) is 2.60. The van der Waals surface area contributed by atoms with Gasteiger partial charge in [0.05, 0.1) is 5.69 Å². The normalized spacial score (nSPS) is 11.2.